The van der Waals surface area contributed by atoms with Gasteiger partial charge in [0.2, 0.25) is 0 Å². The van der Waals surface area contributed by atoms with Gasteiger partial charge in [0.25, 0.3) is 0 Å². The van der Waals surface area contributed by atoms with Crippen molar-refractivity contribution in [1.82, 2.24) is 20.3 Å². The van der Waals surface area contributed by atoms with E-state index in [1.165, 1.54) is 4.68 Å². The van der Waals surface area contributed by atoms with Crippen LogP contribution in [0.2, 0.25) is 0 Å². The third kappa shape index (κ3) is 2.63. The van der Waals surface area contributed by atoms with Crippen molar-refractivity contribution < 1.29 is 9.53 Å². The second-order valence-corrected chi connectivity index (χ2v) is 4.94. The molecular formula is C16H16N4O2. The first kappa shape index (κ1) is 14.1. The number of carbonyl (C=O) groups excluding carboxylic acids is 1. The Morgan fingerprint density at radius 1 is 1.23 bits per heavy atom. The number of fused-ring (bicyclic) bond motifs is 1. The predicted molar refractivity (Wildman–Crippen MR) is 82.9 cm³/mol. The molecule has 1 N–H and O–H groups in total. The Morgan fingerprint density at radius 2 is 2.00 bits per heavy atom. The van der Waals surface area contributed by atoms with Crippen LogP contribution in [-0.4, -0.2) is 28.1 Å². The van der Waals surface area contributed by atoms with Crippen LogP contribution in [0.3, 0.4) is 0 Å². The van der Waals surface area contributed by atoms with Crippen LogP contribution in [0.15, 0.2) is 48.5 Å². The molecule has 6 nitrogen and oxygen atoms in total. The molecule has 0 bridgehead atoms. The number of nitrogens with one attached hydrogen (secondary N) is 1. The predicted octanol–water partition coefficient (Wildman–Crippen LogP) is 2.76. The quantitative estimate of drug-likeness (QED) is 0.807. The summed E-state index contributed by atoms with van der Waals surface area (Å²) in [6.07, 6.45) is 0. The normalized spacial score (nSPS) is 12.1. The number of benzene rings is 2. The summed E-state index contributed by atoms with van der Waals surface area (Å²) in [6, 6.07) is 14.6. The highest BCUT2D eigenvalue weighted by Crippen LogP contribution is 2.19. The zero-order valence-electron chi connectivity index (χ0n) is 12.4. The van der Waals surface area contributed by atoms with E-state index in [4.69, 9.17) is 4.74 Å². The van der Waals surface area contributed by atoms with Gasteiger partial charge in [-0.3, -0.25) is 0 Å². The van der Waals surface area contributed by atoms with Crippen LogP contribution in [0, 0.1) is 0 Å². The average Bonchev–Trinajstić information content (AvgIpc) is 2.98. The van der Waals surface area contributed by atoms with Gasteiger partial charge in [0, 0.05) is 6.07 Å². The largest absolute Gasteiger partial charge is 0.497 e. The molecular weight excluding hydrogens is 280 g/mol. The van der Waals surface area contributed by atoms with Gasteiger partial charge in [-0.15, -0.1) is 5.10 Å². The van der Waals surface area contributed by atoms with Gasteiger partial charge < -0.3 is 10.1 Å². The topological polar surface area (TPSA) is 69.0 Å². The molecule has 0 fully saturated rings. The monoisotopic (exact) mass is 296 g/mol. The van der Waals surface area contributed by atoms with E-state index in [1.807, 2.05) is 37.3 Å². The van der Waals surface area contributed by atoms with Crippen molar-refractivity contribution in [3.8, 4) is 5.75 Å². The summed E-state index contributed by atoms with van der Waals surface area (Å²) in [5.41, 5.74) is 2.28. The number of ether oxygens (including phenoxy) is 1. The van der Waals surface area contributed by atoms with E-state index < -0.39 is 0 Å². The minimum atomic E-state index is -0.316. The van der Waals surface area contributed by atoms with E-state index in [0.29, 0.717) is 16.8 Å². The molecule has 0 aliphatic rings. The Hall–Kier alpha value is -2.89. The molecule has 1 amide bonds. The number of rotatable bonds is 3. The highest BCUT2D eigenvalue weighted by atomic mass is 16.5. The lowest BCUT2D eigenvalue weighted by atomic mass is 10.1. The van der Waals surface area contributed by atoms with Gasteiger partial charge >= 0.3 is 6.03 Å². The molecule has 0 aliphatic heterocycles. The Morgan fingerprint density at radius 3 is 2.73 bits per heavy atom. The SMILES string of the molecule is COc1ccc2c(c1)nnn2C(=O)NC(C)c1ccccc1. The van der Waals surface area contributed by atoms with Crippen molar-refractivity contribution >= 4 is 17.1 Å². The average molecular weight is 296 g/mol. The summed E-state index contributed by atoms with van der Waals surface area (Å²) in [6.45, 7) is 1.93. The molecule has 0 saturated heterocycles. The van der Waals surface area contributed by atoms with Crippen molar-refractivity contribution in [2.75, 3.05) is 7.11 Å². The zero-order valence-corrected chi connectivity index (χ0v) is 12.4. The highest BCUT2D eigenvalue weighted by Gasteiger charge is 2.15. The van der Waals surface area contributed by atoms with Crippen molar-refractivity contribution in [2.45, 2.75) is 13.0 Å². The molecule has 0 aliphatic carbocycles. The number of nitrogens with zero attached hydrogens (tertiary/aromatic N) is 3. The Labute approximate surface area is 127 Å². The van der Waals surface area contributed by atoms with Crippen LogP contribution in [0.1, 0.15) is 18.5 Å². The summed E-state index contributed by atoms with van der Waals surface area (Å²) in [5.74, 6) is 0.678. The summed E-state index contributed by atoms with van der Waals surface area (Å²) in [5, 5.41) is 10.8. The Kier molecular flexibility index (Phi) is 3.74. The van der Waals surface area contributed by atoms with Gasteiger partial charge in [-0.1, -0.05) is 35.5 Å². The minimum absolute atomic E-state index is 0.119. The molecule has 2 aromatic carbocycles. The van der Waals surface area contributed by atoms with E-state index in [2.05, 4.69) is 15.6 Å². The Bertz CT molecular complexity index is 798. The molecule has 1 atom stereocenters. The fraction of sp³-hybridized carbons (Fsp3) is 0.188. The van der Waals surface area contributed by atoms with Crippen molar-refractivity contribution in [2.24, 2.45) is 0 Å². The van der Waals surface area contributed by atoms with Gasteiger partial charge in [-0.05, 0) is 24.6 Å². The van der Waals surface area contributed by atoms with Crippen LogP contribution in [0.4, 0.5) is 4.79 Å². The molecule has 1 unspecified atom stereocenters. The smallest absolute Gasteiger partial charge is 0.344 e. The lowest BCUT2D eigenvalue weighted by molar-refractivity contribution is 0.237. The van der Waals surface area contributed by atoms with Crippen LogP contribution in [-0.2, 0) is 0 Å². The molecule has 1 aromatic heterocycles. The molecule has 6 heteroatoms. The minimum Gasteiger partial charge on any atom is -0.497 e. The number of methoxy groups -OCH3 is 1. The maximum Gasteiger partial charge on any atom is 0.344 e. The first-order valence-corrected chi connectivity index (χ1v) is 6.94. The molecule has 0 spiro atoms. The number of aromatic nitrogens is 3. The highest BCUT2D eigenvalue weighted by molar-refractivity contribution is 5.88. The van der Waals surface area contributed by atoms with Gasteiger partial charge in [0.1, 0.15) is 11.3 Å². The molecule has 0 saturated carbocycles. The Balaban J connectivity index is 1.83. The third-order valence-electron chi connectivity index (χ3n) is 3.48. The van der Waals surface area contributed by atoms with Gasteiger partial charge in [-0.25, -0.2) is 4.79 Å². The fourth-order valence-corrected chi connectivity index (χ4v) is 2.25. The molecule has 112 valence electrons. The molecule has 22 heavy (non-hydrogen) atoms. The number of hydrogen-bond acceptors (Lipinski definition) is 4. The number of hydrogen-bond donors (Lipinski definition) is 1. The first-order chi connectivity index (χ1) is 10.7. The third-order valence-corrected chi connectivity index (χ3v) is 3.48. The van der Waals surface area contributed by atoms with Crippen LogP contribution in [0.5, 0.6) is 5.75 Å². The number of amides is 1. The van der Waals surface area contributed by atoms with Crippen LogP contribution in [0.25, 0.3) is 11.0 Å². The van der Waals surface area contributed by atoms with Crippen molar-refractivity contribution in [3.63, 3.8) is 0 Å². The van der Waals surface area contributed by atoms with Gasteiger partial charge in [-0.2, -0.15) is 4.68 Å². The number of carbonyl (C=O) groups is 1. The fourth-order valence-electron chi connectivity index (χ4n) is 2.25. The van der Waals surface area contributed by atoms with E-state index >= 15 is 0 Å². The van der Waals surface area contributed by atoms with Crippen LogP contribution < -0.4 is 10.1 Å². The molecule has 3 rings (SSSR count). The molecule has 3 aromatic rings. The van der Waals surface area contributed by atoms with E-state index in [1.54, 1.807) is 25.3 Å². The zero-order chi connectivity index (χ0) is 15.5. The first-order valence-electron chi connectivity index (χ1n) is 6.94. The summed E-state index contributed by atoms with van der Waals surface area (Å²) >= 11 is 0. The van der Waals surface area contributed by atoms with E-state index in [-0.39, 0.29) is 12.1 Å². The lowest BCUT2D eigenvalue weighted by Gasteiger charge is -2.13. The maximum absolute atomic E-state index is 12.4. The van der Waals surface area contributed by atoms with Crippen LogP contribution >= 0.6 is 0 Å². The van der Waals surface area contributed by atoms with Gasteiger partial charge in [0.05, 0.1) is 18.7 Å². The lowest BCUT2D eigenvalue weighted by Crippen LogP contribution is -2.31. The molecule has 0 radical (unpaired) electrons. The summed E-state index contributed by atoms with van der Waals surface area (Å²) in [4.78, 5) is 12.4. The van der Waals surface area contributed by atoms with Gasteiger partial charge in [0.15, 0.2) is 0 Å². The van der Waals surface area contributed by atoms with E-state index in [9.17, 15) is 4.79 Å². The van der Waals surface area contributed by atoms with E-state index in [0.717, 1.165) is 5.56 Å². The standard InChI is InChI=1S/C16H16N4O2/c1-11(12-6-4-3-5-7-12)17-16(21)20-15-9-8-13(22-2)10-14(15)18-19-20/h3-11H,1-2H3,(H,17,21). The van der Waals surface area contributed by atoms with Crippen molar-refractivity contribution in [1.29, 1.82) is 0 Å². The second kappa shape index (κ2) is 5.85. The summed E-state index contributed by atoms with van der Waals surface area (Å²) in [7, 11) is 1.58. The summed E-state index contributed by atoms with van der Waals surface area (Å²) < 4.78 is 6.39. The second-order valence-electron chi connectivity index (χ2n) is 4.94. The molecule has 1 heterocycles. The van der Waals surface area contributed by atoms with Crippen molar-refractivity contribution in [3.05, 3.63) is 54.1 Å². The maximum atomic E-state index is 12.4.